The maximum absolute atomic E-state index is 6.34. The summed E-state index contributed by atoms with van der Waals surface area (Å²) in [5.41, 5.74) is 4.54. The van der Waals surface area contributed by atoms with Gasteiger partial charge in [0, 0.05) is 34.8 Å². The Labute approximate surface area is 162 Å². The highest BCUT2D eigenvalue weighted by Gasteiger charge is 2.40. The summed E-state index contributed by atoms with van der Waals surface area (Å²) in [4.78, 5) is 5.40. The average molecular weight is 373 g/mol. The summed E-state index contributed by atoms with van der Waals surface area (Å²) >= 11 is 1.75. The molecule has 0 N–H and O–H groups in total. The van der Waals surface area contributed by atoms with Crippen LogP contribution in [0.25, 0.3) is 0 Å². The van der Waals surface area contributed by atoms with Gasteiger partial charge in [-0.2, -0.15) is 5.10 Å². The SMILES string of the molecule is CSc1ccc(C2=NN3C(C2)c2ccccc2OC3c2ccncc2)cc1. The number of ether oxygens (including phenoxy) is 1. The van der Waals surface area contributed by atoms with E-state index >= 15 is 0 Å². The lowest BCUT2D eigenvalue weighted by Gasteiger charge is -2.38. The number of rotatable bonds is 3. The van der Waals surface area contributed by atoms with Crippen LogP contribution in [0.3, 0.4) is 0 Å². The predicted octanol–water partition coefficient (Wildman–Crippen LogP) is 5.05. The molecule has 5 rings (SSSR count). The van der Waals surface area contributed by atoms with Crippen LogP contribution in [0.1, 0.15) is 35.4 Å². The van der Waals surface area contributed by atoms with Crippen molar-refractivity contribution in [2.24, 2.45) is 5.10 Å². The molecule has 0 bridgehead atoms. The molecule has 5 heteroatoms. The lowest BCUT2D eigenvalue weighted by Crippen LogP contribution is -2.33. The van der Waals surface area contributed by atoms with E-state index in [-0.39, 0.29) is 12.3 Å². The number of hydrogen-bond acceptors (Lipinski definition) is 5. The molecule has 0 fully saturated rings. The molecule has 0 aliphatic carbocycles. The summed E-state index contributed by atoms with van der Waals surface area (Å²) in [6.07, 6.45) is 6.33. The van der Waals surface area contributed by atoms with Gasteiger partial charge in [-0.25, -0.2) is 5.01 Å². The molecule has 2 unspecified atom stereocenters. The Hall–Kier alpha value is -2.79. The minimum Gasteiger partial charge on any atom is -0.464 e. The van der Waals surface area contributed by atoms with Gasteiger partial charge in [0.15, 0.2) is 0 Å². The van der Waals surface area contributed by atoms with E-state index in [0.717, 1.165) is 23.4 Å². The van der Waals surface area contributed by atoms with E-state index in [1.807, 2.05) is 24.3 Å². The maximum atomic E-state index is 6.34. The number of thioether (sulfide) groups is 1. The number of pyridine rings is 1. The fourth-order valence-corrected chi connectivity index (χ4v) is 4.15. The van der Waals surface area contributed by atoms with Crippen molar-refractivity contribution in [3.63, 3.8) is 0 Å². The quantitative estimate of drug-likeness (QED) is 0.603. The van der Waals surface area contributed by atoms with Crippen LogP contribution in [-0.2, 0) is 0 Å². The van der Waals surface area contributed by atoms with E-state index in [4.69, 9.17) is 9.84 Å². The molecule has 0 amide bonds. The number of hydrazone groups is 1. The highest BCUT2D eigenvalue weighted by molar-refractivity contribution is 7.98. The fourth-order valence-electron chi connectivity index (χ4n) is 3.74. The fraction of sp³-hybridized carbons (Fsp3) is 0.182. The largest absolute Gasteiger partial charge is 0.464 e. The number of para-hydroxylation sites is 1. The lowest BCUT2D eigenvalue weighted by atomic mass is 9.96. The lowest BCUT2D eigenvalue weighted by molar-refractivity contribution is -0.0190. The van der Waals surface area contributed by atoms with Crippen molar-refractivity contribution in [1.29, 1.82) is 0 Å². The van der Waals surface area contributed by atoms with Crippen molar-refractivity contribution in [3.8, 4) is 5.75 Å². The van der Waals surface area contributed by atoms with Crippen molar-refractivity contribution in [2.45, 2.75) is 23.6 Å². The number of nitrogens with zero attached hydrogens (tertiary/aromatic N) is 3. The zero-order valence-electron chi connectivity index (χ0n) is 14.9. The highest BCUT2D eigenvalue weighted by Crippen LogP contribution is 2.47. The monoisotopic (exact) mass is 373 g/mol. The van der Waals surface area contributed by atoms with E-state index in [2.05, 4.69) is 52.6 Å². The second kappa shape index (κ2) is 6.74. The Balaban J connectivity index is 1.56. The van der Waals surface area contributed by atoms with Crippen LogP contribution in [0.2, 0.25) is 0 Å². The van der Waals surface area contributed by atoms with Crippen molar-refractivity contribution < 1.29 is 4.74 Å². The molecular weight excluding hydrogens is 354 g/mol. The van der Waals surface area contributed by atoms with Crippen LogP contribution >= 0.6 is 11.8 Å². The summed E-state index contributed by atoms with van der Waals surface area (Å²) in [5, 5.41) is 7.10. The third-order valence-electron chi connectivity index (χ3n) is 5.11. The molecule has 2 aliphatic rings. The highest BCUT2D eigenvalue weighted by atomic mass is 32.2. The van der Waals surface area contributed by atoms with Crippen molar-refractivity contribution in [1.82, 2.24) is 9.99 Å². The van der Waals surface area contributed by atoms with Gasteiger partial charge in [-0.15, -0.1) is 11.8 Å². The topological polar surface area (TPSA) is 37.7 Å². The van der Waals surface area contributed by atoms with Crippen molar-refractivity contribution in [2.75, 3.05) is 6.26 Å². The maximum Gasteiger partial charge on any atom is 0.213 e. The van der Waals surface area contributed by atoms with Crippen LogP contribution in [0.15, 0.2) is 83.1 Å². The zero-order valence-corrected chi connectivity index (χ0v) is 15.8. The molecule has 3 heterocycles. The molecule has 1 aromatic heterocycles. The zero-order chi connectivity index (χ0) is 18.2. The molecule has 0 saturated heterocycles. The van der Waals surface area contributed by atoms with Crippen LogP contribution in [0, 0.1) is 0 Å². The Morgan fingerprint density at radius 2 is 1.78 bits per heavy atom. The molecule has 2 aromatic carbocycles. The van der Waals surface area contributed by atoms with Gasteiger partial charge in [0.2, 0.25) is 6.23 Å². The second-order valence-corrected chi connectivity index (χ2v) is 7.54. The normalized spacial score (nSPS) is 20.5. The molecule has 2 atom stereocenters. The summed E-state index contributed by atoms with van der Waals surface area (Å²) in [6, 6.07) is 21.1. The molecule has 134 valence electrons. The minimum atomic E-state index is -0.240. The van der Waals surface area contributed by atoms with E-state index in [1.54, 1.807) is 24.2 Å². The van der Waals surface area contributed by atoms with Gasteiger partial charge in [0.25, 0.3) is 0 Å². The first-order valence-electron chi connectivity index (χ1n) is 8.99. The van der Waals surface area contributed by atoms with E-state index < -0.39 is 0 Å². The number of fused-ring (bicyclic) bond motifs is 3. The van der Waals surface area contributed by atoms with Crippen LogP contribution in [-0.4, -0.2) is 22.0 Å². The molecule has 0 radical (unpaired) electrons. The minimum absolute atomic E-state index is 0.184. The van der Waals surface area contributed by atoms with Crippen molar-refractivity contribution >= 4 is 17.5 Å². The molecule has 27 heavy (non-hydrogen) atoms. The smallest absolute Gasteiger partial charge is 0.213 e. The molecule has 2 aliphatic heterocycles. The Bertz CT molecular complexity index is 988. The van der Waals surface area contributed by atoms with Crippen LogP contribution in [0.5, 0.6) is 5.75 Å². The second-order valence-electron chi connectivity index (χ2n) is 6.66. The average Bonchev–Trinajstić information content (AvgIpc) is 3.19. The third-order valence-corrected chi connectivity index (χ3v) is 5.86. The first-order chi connectivity index (χ1) is 13.3. The van der Waals surface area contributed by atoms with Gasteiger partial charge in [-0.05, 0) is 42.2 Å². The first kappa shape index (κ1) is 16.4. The van der Waals surface area contributed by atoms with Gasteiger partial charge in [0.1, 0.15) is 5.75 Å². The molecule has 3 aromatic rings. The number of hydrogen-bond donors (Lipinski definition) is 0. The molecule has 0 saturated carbocycles. The van der Waals surface area contributed by atoms with Gasteiger partial charge in [0.05, 0.1) is 11.8 Å². The van der Waals surface area contributed by atoms with E-state index in [9.17, 15) is 0 Å². The number of aromatic nitrogens is 1. The van der Waals surface area contributed by atoms with Crippen LogP contribution in [0.4, 0.5) is 0 Å². The summed E-state index contributed by atoms with van der Waals surface area (Å²) in [6.45, 7) is 0. The van der Waals surface area contributed by atoms with Crippen LogP contribution < -0.4 is 4.74 Å². The Morgan fingerprint density at radius 1 is 1.00 bits per heavy atom. The van der Waals surface area contributed by atoms with E-state index in [0.29, 0.717) is 0 Å². The van der Waals surface area contributed by atoms with Gasteiger partial charge < -0.3 is 4.74 Å². The van der Waals surface area contributed by atoms with Gasteiger partial charge in [-0.1, -0.05) is 30.3 Å². The molecule has 4 nitrogen and oxygen atoms in total. The number of benzene rings is 2. The molecular formula is C22H19N3OS. The standard InChI is InChI=1S/C22H19N3OS/c1-27-17-8-6-15(7-9-17)19-14-20-18-4-2-3-5-21(18)26-22(25(20)24-19)16-10-12-23-13-11-16/h2-13,20,22H,14H2,1H3. The van der Waals surface area contributed by atoms with E-state index in [1.165, 1.54) is 16.0 Å². The predicted molar refractivity (Wildman–Crippen MR) is 108 cm³/mol. The Morgan fingerprint density at radius 3 is 2.56 bits per heavy atom. The van der Waals surface area contributed by atoms with Gasteiger partial charge >= 0.3 is 0 Å². The summed E-state index contributed by atoms with van der Waals surface area (Å²) < 4.78 is 6.34. The van der Waals surface area contributed by atoms with Gasteiger partial charge in [-0.3, -0.25) is 4.98 Å². The summed E-state index contributed by atoms with van der Waals surface area (Å²) in [7, 11) is 0. The van der Waals surface area contributed by atoms with Crippen molar-refractivity contribution in [3.05, 3.63) is 89.7 Å². The Kier molecular flexibility index (Phi) is 4.09. The third kappa shape index (κ3) is 2.88. The summed E-state index contributed by atoms with van der Waals surface area (Å²) in [5.74, 6) is 0.940. The molecule has 0 spiro atoms. The first-order valence-corrected chi connectivity index (χ1v) is 10.2.